The molecule has 0 spiro atoms. The van der Waals surface area contributed by atoms with Gasteiger partial charge in [-0.2, -0.15) is 4.31 Å². The van der Waals surface area contributed by atoms with Crippen molar-refractivity contribution in [2.24, 2.45) is 5.92 Å². The molecule has 22 heavy (non-hydrogen) atoms. The molecule has 0 aromatic carbocycles. The number of fused-ring (bicyclic) bond motifs is 1. The molecular formula is C14H23N3O4S. The molecule has 3 aliphatic heterocycles. The number of hydrogen-bond acceptors (Lipinski definition) is 4. The molecular weight excluding hydrogens is 306 g/mol. The normalized spacial score (nSPS) is 36.5. The number of nitrogens with zero attached hydrogens (tertiary/aromatic N) is 2. The summed E-state index contributed by atoms with van der Waals surface area (Å²) in [5.74, 6) is 0.761. The largest absolute Gasteiger partial charge is 0.374 e. The lowest BCUT2D eigenvalue weighted by Crippen LogP contribution is -2.54. The molecule has 3 saturated heterocycles. The van der Waals surface area contributed by atoms with Crippen molar-refractivity contribution in [1.29, 1.82) is 0 Å². The third-order valence-corrected chi connectivity index (χ3v) is 7.18. The molecule has 0 aromatic rings. The zero-order valence-electron chi connectivity index (χ0n) is 12.6. The third-order valence-electron chi connectivity index (χ3n) is 5.27. The Morgan fingerprint density at radius 2 is 2.00 bits per heavy atom. The van der Waals surface area contributed by atoms with Crippen LogP contribution in [0.3, 0.4) is 0 Å². The summed E-state index contributed by atoms with van der Waals surface area (Å²) < 4.78 is 32.7. The van der Waals surface area contributed by atoms with Crippen LogP contribution in [0.5, 0.6) is 0 Å². The second-order valence-corrected chi connectivity index (χ2v) is 8.89. The van der Waals surface area contributed by atoms with E-state index in [0.717, 1.165) is 12.8 Å². The number of carbonyl (C=O) groups excluding carboxylic acids is 1. The van der Waals surface area contributed by atoms with Crippen molar-refractivity contribution in [1.82, 2.24) is 14.5 Å². The Morgan fingerprint density at radius 1 is 1.18 bits per heavy atom. The van der Waals surface area contributed by atoms with Gasteiger partial charge in [-0.1, -0.05) is 0 Å². The molecule has 0 aromatic heterocycles. The van der Waals surface area contributed by atoms with Gasteiger partial charge in [-0.15, -0.1) is 0 Å². The van der Waals surface area contributed by atoms with E-state index < -0.39 is 10.0 Å². The summed E-state index contributed by atoms with van der Waals surface area (Å²) in [6, 6.07) is -0.104. The molecule has 0 bridgehead atoms. The SMILES string of the molecule is O=C1NCC2CN(S(=O)(=O)CC3CCC(C4CC4)O3)CCN12. The molecule has 4 rings (SSSR count). The first-order valence-electron chi connectivity index (χ1n) is 8.21. The van der Waals surface area contributed by atoms with Crippen molar-refractivity contribution in [3.05, 3.63) is 0 Å². The van der Waals surface area contributed by atoms with Gasteiger partial charge in [-0.3, -0.25) is 0 Å². The van der Waals surface area contributed by atoms with Crippen LogP contribution in [-0.4, -0.2) is 73.8 Å². The smallest absolute Gasteiger partial charge is 0.317 e. The van der Waals surface area contributed by atoms with Crippen LogP contribution in [0.15, 0.2) is 0 Å². The van der Waals surface area contributed by atoms with E-state index in [-0.39, 0.29) is 30.0 Å². The first-order valence-corrected chi connectivity index (χ1v) is 9.81. The average Bonchev–Trinajstić information content (AvgIpc) is 3.14. The maximum absolute atomic E-state index is 12.6. The highest BCUT2D eigenvalue weighted by molar-refractivity contribution is 7.89. The van der Waals surface area contributed by atoms with Crippen LogP contribution in [0.4, 0.5) is 4.79 Å². The van der Waals surface area contributed by atoms with Gasteiger partial charge in [-0.25, -0.2) is 13.2 Å². The van der Waals surface area contributed by atoms with Crippen molar-refractivity contribution in [2.45, 2.75) is 43.9 Å². The number of rotatable bonds is 4. The summed E-state index contributed by atoms with van der Waals surface area (Å²) in [5, 5.41) is 2.77. The van der Waals surface area contributed by atoms with Crippen LogP contribution in [0.1, 0.15) is 25.7 Å². The quantitative estimate of drug-likeness (QED) is 0.786. The molecule has 0 radical (unpaired) electrons. The minimum absolute atomic E-state index is 0.0280. The van der Waals surface area contributed by atoms with Crippen LogP contribution >= 0.6 is 0 Å². The van der Waals surface area contributed by atoms with Gasteiger partial charge >= 0.3 is 6.03 Å². The molecule has 1 N–H and O–H groups in total. The fraction of sp³-hybridized carbons (Fsp3) is 0.929. The summed E-state index contributed by atoms with van der Waals surface area (Å²) in [6.07, 6.45) is 4.44. The fourth-order valence-electron chi connectivity index (χ4n) is 3.84. The Morgan fingerprint density at radius 3 is 2.77 bits per heavy atom. The van der Waals surface area contributed by atoms with Gasteiger partial charge in [-0.05, 0) is 31.6 Å². The Bertz CT molecular complexity index is 562. The molecule has 4 fully saturated rings. The number of ether oxygens (including phenoxy) is 1. The molecule has 3 atom stereocenters. The van der Waals surface area contributed by atoms with Crippen LogP contribution in [-0.2, 0) is 14.8 Å². The lowest BCUT2D eigenvalue weighted by molar-refractivity contribution is 0.0437. The van der Waals surface area contributed by atoms with E-state index in [0.29, 0.717) is 32.1 Å². The zero-order chi connectivity index (χ0) is 15.3. The van der Waals surface area contributed by atoms with Crippen LogP contribution in [0.25, 0.3) is 0 Å². The fourth-order valence-corrected chi connectivity index (χ4v) is 5.52. The molecule has 1 saturated carbocycles. The Labute approximate surface area is 131 Å². The molecule has 1 aliphatic carbocycles. The summed E-state index contributed by atoms with van der Waals surface area (Å²) in [5.41, 5.74) is 0. The predicted molar refractivity (Wildman–Crippen MR) is 79.9 cm³/mol. The topological polar surface area (TPSA) is 79.0 Å². The van der Waals surface area contributed by atoms with Gasteiger partial charge < -0.3 is 15.0 Å². The number of hydrogen-bond donors (Lipinski definition) is 1. The standard InChI is InChI=1S/C14H23N3O4S/c18-14-15-7-11-8-16(5-6-17(11)14)22(19,20)9-12-3-4-13(21-12)10-1-2-10/h10-13H,1-9H2,(H,15,18). The van der Waals surface area contributed by atoms with Crippen molar-refractivity contribution in [3.8, 4) is 0 Å². The van der Waals surface area contributed by atoms with Crippen LogP contribution in [0.2, 0.25) is 0 Å². The van der Waals surface area contributed by atoms with E-state index in [1.807, 2.05) is 0 Å². The molecule has 2 amide bonds. The second kappa shape index (κ2) is 5.35. The Balaban J connectivity index is 1.36. The summed E-state index contributed by atoms with van der Waals surface area (Å²) in [6.45, 7) is 1.81. The van der Waals surface area contributed by atoms with E-state index in [1.165, 1.54) is 12.8 Å². The highest BCUT2D eigenvalue weighted by Gasteiger charge is 2.42. The highest BCUT2D eigenvalue weighted by atomic mass is 32.2. The predicted octanol–water partition coefficient (Wildman–Crippen LogP) is -0.0168. The van der Waals surface area contributed by atoms with Crippen molar-refractivity contribution < 1.29 is 17.9 Å². The third kappa shape index (κ3) is 2.72. The maximum Gasteiger partial charge on any atom is 0.317 e. The Hall–Kier alpha value is -0.860. The number of amides is 2. The van der Waals surface area contributed by atoms with Gasteiger partial charge in [0.05, 0.1) is 24.0 Å². The van der Waals surface area contributed by atoms with Crippen molar-refractivity contribution in [3.63, 3.8) is 0 Å². The van der Waals surface area contributed by atoms with E-state index in [1.54, 1.807) is 9.21 Å². The van der Waals surface area contributed by atoms with Gasteiger partial charge in [0.2, 0.25) is 10.0 Å². The first kappa shape index (κ1) is 14.7. The van der Waals surface area contributed by atoms with E-state index in [2.05, 4.69) is 5.32 Å². The van der Waals surface area contributed by atoms with Gasteiger partial charge in [0, 0.05) is 26.2 Å². The second-order valence-electron chi connectivity index (χ2n) is 6.88. The molecule has 7 nitrogen and oxygen atoms in total. The van der Waals surface area contributed by atoms with E-state index >= 15 is 0 Å². The number of carbonyl (C=O) groups is 1. The van der Waals surface area contributed by atoms with Gasteiger partial charge in [0.25, 0.3) is 0 Å². The van der Waals surface area contributed by atoms with Crippen LogP contribution < -0.4 is 5.32 Å². The summed E-state index contributed by atoms with van der Waals surface area (Å²) in [4.78, 5) is 13.3. The maximum atomic E-state index is 12.6. The first-order chi connectivity index (χ1) is 10.5. The summed E-state index contributed by atoms with van der Waals surface area (Å²) in [7, 11) is -3.31. The highest BCUT2D eigenvalue weighted by Crippen LogP contribution is 2.40. The lowest BCUT2D eigenvalue weighted by atomic mass is 10.1. The molecule has 3 heterocycles. The van der Waals surface area contributed by atoms with Crippen molar-refractivity contribution in [2.75, 3.05) is 31.9 Å². The van der Waals surface area contributed by atoms with Gasteiger partial charge in [0.15, 0.2) is 0 Å². The number of nitrogens with one attached hydrogen (secondary N) is 1. The molecule has 124 valence electrons. The summed E-state index contributed by atoms with van der Waals surface area (Å²) >= 11 is 0. The minimum Gasteiger partial charge on any atom is -0.374 e. The number of sulfonamides is 1. The Kier molecular flexibility index (Phi) is 3.58. The van der Waals surface area contributed by atoms with E-state index in [9.17, 15) is 13.2 Å². The number of piperazine rings is 1. The van der Waals surface area contributed by atoms with E-state index in [4.69, 9.17) is 4.74 Å². The number of urea groups is 1. The van der Waals surface area contributed by atoms with Crippen LogP contribution in [0, 0.1) is 5.92 Å². The molecule has 3 unspecified atom stereocenters. The van der Waals surface area contributed by atoms with Gasteiger partial charge in [0.1, 0.15) is 0 Å². The lowest BCUT2D eigenvalue weighted by Gasteiger charge is -2.36. The van der Waals surface area contributed by atoms with Crippen molar-refractivity contribution >= 4 is 16.1 Å². The molecule has 4 aliphatic rings. The minimum atomic E-state index is -3.31. The average molecular weight is 329 g/mol. The monoisotopic (exact) mass is 329 g/mol. The molecule has 8 heteroatoms. The zero-order valence-corrected chi connectivity index (χ0v) is 13.4.